The molecule has 19 heavy (non-hydrogen) atoms. The Labute approximate surface area is 116 Å². The molecule has 0 saturated heterocycles. The minimum Gasteiger partial charge on any atom is -0.491 e. The van der Waals surface area contributed by atoms with E-state index in [9.17, 15) is 4.39 Å². The predicted molar refractivity (Wildman–Crippen MR) is 76.7 cm³/mol. The van der Waals surface area contributed by atoms with Gasteiger partial charge in [0.1, 0.15) is 0 Å². The molecule has 100 valence electrons. The molecule has 0 heterocycles. The van der Waals surface area contributed by atoms with Gasteiger partial charge in [-0.25, -0.2) is 4.39 Å². The minimum absolute atomic E-state index is 0.233. The summed E-state index contributed by atoms with van der Waals surface area (Å²) in [6, 6.07) is 9.75. The molecule has 0 unspecified atom stereocenters. The molecule has 0 aromatic heterocycles. The van der Waals surface area contributed by atoms with Gasteiger partial charge < -0.3 is 15.8 Å². The third kappa shape index (κ3) is 3.29. The quantitative estimate of drug-likeness (QED) is 0.825. The van der Waals surface area contributed by atoms with E-state index in [1.807, 2.05) is 0 Å². The lowest BCUT2D eigenvalue weighted by molar-refractivity contribution is 0.321. The maximum atomic E-state index is 13.7. The van der Waals surface area contributed by atoms with Crippen molar-refractivity contribution < 1.29 is 9.13 Å². The van der Waals surface area contributed by atoms with Crippen molar-refractivity contribution in [3.05, 3.63) is 47.2 Å². The van der Waals surface area contributed by atoms with Crippen LogP contribution in [0, 0.1) is 5.82 Å². The van der Waals surface area contributed by atoms with E-state index in [4.69, 9.17) is 22.1 Å². The smallest absolute Gasteiger partial charge is 0.167 e. The number of rotatable bonds is 4. The molecule has 0 radical (unpaired) electrons. The third-order valence-electron chi connectivity index (χ3n) is 2.50. The fourth-order valence-electron chi connectivity index (χ4n) is 1.64. The zero-order chi connectivity index (χ0) is 13.8. The number of benzene rings is 2. The summed E-state index contributed by atoms with van der Waals surface area (Å²) in [6.07, 6.45) is 0. The Balaban J connectivity index is 2.21. The standard InChI is InChI=1S/C14H14ClFN2O/c1-2-19-14-6-4-10(8-12(14)16)18-13-5-3-9(17)7-11(13)15/h3-8,18H,2,17H2,1H3. The molecule has 0 saturated carbocycles. The van der Waals surface area contributed by atoms with E-state index in [0.29, 0.717) is 28.7 Å². The number of hydrogen-bond donors (Lipinski definition) is 2. The molecule has 0 bridgehead atoms. The van der Waals surface area contributed by atoms with Crippen LogP contribution in [-0.4, -0.2) is 6.61 Å². The highest BCUT2D eigenvalue weighted by Gasteiger charge is 2.06. The van der Waals surface area contributed by atoms with Gasteiger partial charge in [0.15, 0.2) is 11.6 Å². The number of nitrogen functional groups attached to an aromatic ring is 1. The first-order valence-corrected chi connectivity index (χ1v) is 6.22. The molecule has 2 aromatic rings. The molecule has 0 atom stereocenters. The highest BCUT2D eigenvalue weighted by molar-refractivity contribution is 6.33. The maximum absolute atomic E-state index is 13.7. The average Bonchev–Trinajstić information content (AvgIpc) is 2.36. The Morgan fingerprint density at radius 2 is 2.05 bits per heavy atom. The second kappa shape index (κ2) is 5.80. The van der Waals surface area contributed by atoms with Gasteiger partial charge in [-0.05, 0) is 37.3 Å². The van der Waals surface area contributed by atoms with E-state index >= 15 is 0 Å². The maximum Gasteiger partial charge on any atom is 0.167 e. The number of anilines is 3. The minimum atomic E-state index is -0.418. The Bertz CT molecular complexity index is 590. The summed E-state index contributed by atoms with van der Waals surface area (Å²) in [5, 5.41) is 3.51. The Morgan fingerprint density at radius 3 is 2.68 bits per heavy atom. The van der Waals surface area contributed by atoms with Crippen LogP contribution in [0.15, 0.2) is 36.4 Å². The SMILES string of the molecule is CCOc1ccc(Nc2ccc(N)cc2Cl)cc1F. The van der Waals surface area contributed by atoms with Crippen molar-refractivity contribution in [3.8, 4) is 5.75 Å². The number of nitrogens with two attached hydrogens (primary N) is 1. The molecule has 2 rings (SSSR count). The largest absolute Gasteiger partial charge is 0.491 e. The van der Waals surface area contributed by atoms with Crippen LogP contribution in [0.25, 0.3) is 0 Å². The summed E-state index contributed by atoms with van der Waals surface area (Å²) in [4.78, 5) is 0. The van der Waals surface area contributed by atoms with Crippen molar-refractivity contribution in [2.75, 3.05) is 17.7 Å². The third-order valence-corrected chi connectivity index (χ3v) is 2.82. The van der Waals surface area contributed by atoms with Gasteiger partial charge in [-0.3, -0.25) is 0 Å². The molecule has 0 aliphatic heterocycles. The second-order valence-corrected chi connectivity index (χ2v) is 4.35. The molecular formula is C14H14ClFN2O. The first-order chi connectivity index (χ1) is 9.10. The summed E-state index contributed by atoms with van der Waals surface area (Å²) >= 11 is 6.04. The first-order valence-electron chi connectivity index (χ1n) is 5.84. The van der Waals surface area contributed by atoms with Crippen LogP contribution < -0.4 is 15.8 Å². The fraction of sp³-hybridized carbons (Fsp3) is 0.143. The average molecular weight is 281 g/mol. The summed E-state index contributed by atoms with van der Waals surface area (Å²) in [5.74, 6) is -0.185. The summed E-state index contributed by atoms with van der Waals surface area (Å²) in [7, 11) is 0. The molecule has 0 aliphatic rings. The predicted octanol–water partition coefficient (Wildman–Crippen LogP) is 4.20. The Hall–Kier alpha value is -1.94. The number of halogens is 2. The molecule has 0 fully saturated rings. The molecule has 3 N–H and O–H groups in total. The van der Waals surface area contributed by atoms with Crippen molar-refractivity contribution in [2.45, 2.75) is 6.92 Å². The van der Waals surface area contributed by atoms with E-state index < -0.39 is 5.82 Å². The van der Waals surface area contributed by atoms with Crippen LogP contribution in [0.1, 0.15) is 6.92 Å². The highest BCUT2D eigenvalue weighted by atomic mass is 35.5. The zero-order valence-corrected chi connectivity index (χ0v) is 11.2. The van der Waals surface area contributed by atoms with E-state index in [0.717, 1.165) is 0 Å². The number of hydrogen-bond acceptors (Lipinski definition) is 3. The lowest BCUT2D eigenvalue weighted by Crippen LogP contribution is -1.97. The molecule has 5 heteroatoms. The zero-order valence-electron chi connectivity index (χ0n) is 10.4. The van der Waals surface area contributed by atoms with Crippen LogP contribution >= 0.6 is 11.6 Å². The molecule has 3 nitrogen and oxygen atoms in total. The highest BCUT2D eigenvalue weighted by Crippen LogP contribution is 2.29. The molecule has 2 aromatic carbocycles. The van der Waals surface area contributed by atoms with Gasteiger partial charge in [0, 0.05) is 17.4 Å². The van der Waals surface area contributed by atoms with E-state index in [1.54, 1.807) is 37.3 Å². The van der Waals surface area contributed by atoms with Crippen molar-refractivity contribution in [2.24, 2.45) is 0 Å². The van der Waals surface area contributed by atoms with Gasteiger partial charge in [-0.2, -0.15) is 0 Å². The van der Waals surface area contributed by atoms with Crippen molar-refractivity contribution in [1.82, 2.24) is 0 Å². The first kappa shape index (κ1) is 13.5. The summed E-state index contributed by atoms with van der Waals surface area (Å²) < 4.78 is 18.8. The van der Waals surface area contributed by atoms with Crippen LogP contribution in [-0.2, 0) is 0 Å². The summed E-state index contributed by atoms with van der Waals surface area (Å²) in [5.41, 5.74) is 7.44. The Kier molecular flexibility index (Phi) is 4.12. The molecule has 0 amide bonds. The molecular weight excluding hydrogens is 267 g/mol. The second-order valence-electron chi connectivity index (χ2n) is 3.94. The van der Waals surface area contributed by atoms with Gasteiger partial charge in [0.2, 0.25) is 0 Å². The van der Waals surface area contributed by atoms with Gasteiger partial charge in [0.25, 0.3) is 0 Å². The van der Waals surface area contributed by atoms with Crippen LogP contribution in [0.5, 0.6) is 5.75 Å². The number of nitrogens with one attached hydrogen (secondary N) is 1. The van der Waals surface area contributed by atoms with Crippen LogP contribution in [0.4, 0.5) is 21.5 Å². The van der Waals surface area contributed by atoms with Crippen molar-refractivity contribution in [3.63, 3.8) is 0 Å². The molecule has 0 spiro atoms. The topological polar surface area (TPSA) is 47.3 Å². The lowest BCUT2D eigenvalue weighted by Gasteiger charge is -2.11. The van der Waals surface area contributed by atoms with Gasteiger partial charge in [-0.1, -0.05) is 11.6 Å². The normalized spacial score (nSPS) is 10.3. The van der Waals surface area contributed by atoms with Crippen molar-refractivity contribution in [1.29, 1.82) is 0 Å². The van der Waals surface area contributed by atoms with Gasteiger partial charge >= 0.3 is 0 Å². The van der Waals surface area contributed by atoms with Gasteiger partial charge in [-0.15, -0.1) is 0 Å². The van der Waals surface area contributed by atoms with Gasteiger partial charge in [0.05, 0.1) is 17.3 Å². The van der Waals surface area contributed by atoms with Crippen LogP contribution in [0.2, 0.25) is 5.02 Å². The fourth-order valence-corrected chi connectivity index (χ4v) is 1.88. The summed E-state index contributed by atoms with van der Waals surface area (Å²) in [6.45, 7) is 2.23. The Morgan fingerprint density at radius 1 is 1.26 bits per heavy atom. The molecule has 0 aliphatic carbocycles. The number of ether oxygens (including phenoxy) is 1. The lowest BCUT2D eigenvalue weighted by atomic mass is 10.2. The van der Waals surface area contributed by atoms with E-state index in [2.05, 4.69) is 5.32 Å². The van der Waals surface area contributed by atoms with E-state index in [1.165, 1.54) is 6.07 Å². The monoisotopic (exact) mass is 280 g/mol. The van der Waals surface area contributed by atoms with Crippen molar-refractivity contribution >= 4 is 28.7 Å². The van der Waals surface area contributed by atoms with E-state index in [-0.39, 0.29) is 5.75 Å². The van der Waals surface area contributed by atoms with Crippen LogP contribution in [0.3, 0.4) is 0 Å².